The van der Waals surface area contributed by atoms with Crippen LogP contribution < -0.4 is 4.74 Å². The molecule has 2 aliphatic rings. The second-order valence-electron chi connectivity index (χ2n) is 7.95. The van der Waals surface area contributed by atoms with Crippen LogP contribution in [0.1, 0.15) is 46.0 Å². The molecule has 1 spiro atoms. The zero-order valence-electron chi connectivity index (χ0n) is 17.3. The first kappa shape index (κ1) is 20.7. The Bertz CT molecular complexity index is 1240. The van der Waals surface area contributed by atoms with Gasteiger partial charge in [0.2, 0.25) is 0 Å². The lowest BCUT2D eigenvalue weighted by Gasteiger charge is -2.38. The molecule has 4 heterocycles. The van der Waals surface area contributed by atoms with Crippen LogP contribution in [0.25, 0.3) is 5.65 Å². The predicted octanol–water partition coefficient (Wildman–Crippen LogP) is 3.26. The van der Waals surface area contributed by atoms with Crippen molar-refractivity contribution < 1.29 is 23.5 Å². The van der Waals surface area contributed by atoms with E-state index in [1.54, 1.807) is 17.9 Å². The van der Waals surface area contributed by atoms with Gasteiger partial charge in [0.1, 0.15) is 10.7 Å². The fourth-order valence-corrected chi connectivity index (χ4v) is 4.74. The average Bonchev–Trinajstić information content (AvgIpc) is 3.38. The Morgan fingerprint density at radius 2 is 2.03 bits per heavy atom. The summed E-state index contributed by atoms with van der Waals surface area (Å²) >= 11 is 6.45. The summed E-state index contributed by atoms with van der Waals surface area (Å²) in [7, 11) is 0. The summed E-state index contributed by atoms with van der Waals surface area (Å²) < 4.78 is 26.0. The summed E-state index contributed by atoms with van der Waals surface area (Å²) in [6.07, 6.45) is 3.98. The van der Waals surface area contributed by atoms with Crippen molar-refractivity contribution in [3.8, 4) is 5.75 Å². The Kier molecular flexibility index (Phi) is 5.00. The molecule has 0 unspecified atom stereocenters. The summed E-state index contributed by atoms with van der Waals surface area (Å²) in [6, 6.07) is 4.98. The number of hydrogen-bond donors (Lipinski definition) is 0. The van der Waals surface area contributed by atoms with Gasteiger partial charge in [-0.25, -0.2) is 18.7 Å². The van der Waals surface area contributed by atoms with Gasteiger partial charge in [-0.2, -0.15) is 5.10 Å². The van der Waals surface area contributed by atoms with Crippen molar-refractivity contribution >= 4 is 29.1 Å². The van der Waals surface area contributed by atoms with Gasteiger partial charge in [0.25, 0.3) is 5.91 Å². The van der Waals surface area contributed by atoms with Crippen LogP contribution in [0.5, 0.6) is 5.75 Å². The Balaban J connectivity index is 1.37. The predicted molar refractivity (Wildman–Crippen MR) is 113 cm³/mol. The highest BCUT2D eigenvalue weighted by Gasteiger charge is 2.45. The fraction of sp³-hybridized carbons (Fsp3) is 0.364. The number of rotatable bonds is 3. The number of ether oxygens (including phenoxy) is 2. The standard InChI is InChI=1S/C22H20ClFN4O4/c1-2-31-21(30)14-11-26-28-18(23)13(10-25-19(14)28)20(29)27-8-6-22(7-9-27)12-32-17-15(22)4-3-5-16(17)24/h3-5,10-11H,2,6-9,12H2,1H3. The van der Waals surface area contributed by atoms with E-state index < -0.39 is 5.97 Å². The molecule has 2 aliphatic heterocycles. The number of para-hydroxylation sites is 1. The molecule has 0 saturated carbocycles. The van der Waals surface area contributed by atoms with Gasteiger partial charge in [-0.05, 0) is 25.8 Å². The number of halogens is 2. The van der Waals surface area contributed by atoms with Crippen LogP contribution in [0.4, 0.5) is 4.39 Å². The number of carbonyl (C=O) groups is 2. The van der Waals surface area contributed by atoms with Crippen molar-refractivity contribution in [3.63, 3.8) is 0 Å². The van der Waals surface area contributed by atoms with Crippen molar-refractivity contribution in [2.24, 2.45) is 0 Å². The number of likely N-dealkylation sites (tertiary alicyclic amines) is 1. The van der Waals surface area contributed by atoms with Crippen LogP contribution in [0.2, 0.25) is 5.15 Å². The van der Waals surface area contributed by atoms with Crippen LogP contribution in [0, 0.1) is 5.82 Å². The lowest BCUT2D eigenvalue weighted by Crippen LogP contribution is -2.46. The van der Waals surface area contributed by atoms with Gasteiger partial charge in [-0.15, -0.1) is 0 Å². The summed E-state index contributed by atoms with van der Waals surface area (Å²) in [4.78, 5) is 31.2. The van der Waals surface area contributed by atoms with E-state index in [4.69, 9.17) is 21.1 Å². The molecule has 1 fully saturated rings. The Hall–Kier alpha value is -3.20. The van der Waals surface area contributed by atoms with E-state index in [1.807, 2.05) is 6.07 Å². The number of esters is 1. The van der Waals surface area contributed by atoms with E-state index in [0.717, 1.165) is 5.56 Å². The van der Waals surface area contributed by atoms with Crippen molar-refractivity contribution in [2.45, 2.75) is 25.2 Å². The summed E-state index contributed by atoms with van der Waals surface area (Å²) in [5.74, 6) is -0.862. The lowest BCUT2D eigenvalue weighted by atomic mass is 9.74. The third-order valence-corrected chi connectivity index (χ3v) is 6.60. The highest BCUT2D eigenvalue weighted by Crippen LogP contribution is 2.46. The van der Waals surface area contributed by atoms with E-state index >= 15 is 0 Å². The smallest absolute Gasteiger partial charge is 0.343 e. The number of fused-ring (bicyclic) bond motifs is 3. The summed E-state index contributed by atoms with van der Waals surface area (Å²) in [5.41, 5.74) is 1.18. The SMILES string of the molecule is CCOC(=O)c1cnn2c(Cl)c(C(=O)N3CCC4(CC3)COc3c(F)cccc34)cnc12. The van der Waals surface area contributed by atoms with Gasteiger partial charge in [-0.3, -0.25) is 4.79 Å². The van der Waals surface area contributed by atoms with Crippen LogP contribution in [-0.4, -0.2) is 57.7 Å². The first-order chi connectivity index (χ1) is 15.4. The van der Waals surface area contributed by atoms with E-state index in [-0.39, 0.29) is 45.7 Å². The first-order valence-electron chi connectivity index (χ1n) is 10.4. The molecule has 1 aromatic carbocycles. The number of aromatic nitrogens is 3. The van der Waals surface area contributed by atoms with Crippen LogP contribution in [0.15, 0.2) is 30.6 Å². The normalized spacial score (nSPS) is 16.8. The van der Waals surface area contributed by atoms with Gasteiger partial charge in [0.15, 0.2) is 17.2 Å². The zero-order valence-corrected chi connectivity index (χ0v) is 18.1. The van der Waals surface area contributed by atoms with Gasteiger partial charge < -0.3 is 14.4 Å². The number of hydrogen-bond acceptors (Lipinski definition) is 6. The molecule has 5 rings (SSSR count). The minimum atomic E-state index is -0.554. The maximum atomic E-state index is 14.1. The maximum Gasteiger partial charge on any atom is 0.343 e. The quantitative estimate of drug-likeness (QED) is 0.442. The van der Waals surface area contributed by atoms with Gasteiger partial charge in [-0.1, -0.05) is 23.7 Å². The van der Waals surface area contributed by atoms with Crippen LogP contribution in [0.3, 0.4) is 0 Å². The van der Waals surface area contributed by atoms with Gasteiger partial charge in [0.05, 0.1) is 25.0 Å². The molecule has 0 aliphatic carbocycles. The summed E-state index contributed by atoms with van der Waals surface area (Å²) in [6.45, 7) is 3.28. The van der Waals surface area contributed by atoms with E-state index in [0.29, 0.717) is 38.3 Å². The number of carbonyl (C=O) groups excluding carboxylic acids is 2. The monoisotopic (exact) mass is 458 g/mol. The minimum absolute atomic E-state index is 0.0763. The number of amides is 1. The number of piperidine rings is 1. The second kappa shape index (κ2) is 7.74. The third-order valence-electron chi connectivity index (χ3n) is 6.23. The molecule has 0 N–H and O–H groups in total. The molecule has 2 aromatic heterocycles. The third kappa shape index (κ3) is 3.10. The summed E-state index contributed by atoms with van der Waals surface area (Å²) in [5, 5.41) is 4.18. The minimum Gasteiger partial charge on any atom is -0.489 e. The Morgan fingerprint density at radius 3 is 2.78 bits per heavy atom. The molecule has 0 radical (unpaired) electrons. The molecule has 3 aromatic rings. The molecular weight excluding hydrogens is 439 g/mol. The Morgan fingerprint density at radius 1 is 1.25 bits per heavy atom. The van der Waals surface area contributed by atoms with E-state index in [2.05, 4.69) is 10.1 Å². The zero-order chi connectivity index (χ0) is 22.5. The highest BCUT2D eigenvalue weighted by molar-refractivity contribution is 6.33. The molecule has 0 atom stereocenters. The van der Waals surface area contributed by atoms with Crippen molar-refractivity contribution in [1.82, 2.24) is 19.5 Å². The maximum absolute atomic E-state index is 14.1. The first-order valence-corrected chi connectivity index (χ1v) is 10.7. The van der Waals surface area contributed by atoms with Crippen LogP contribution in [-0.2, 0) is 10.2 Å². The van der Waals surface area contributed by atoms with Crippen molar-refractivity contribution in [2.75, 3.05) is 26.3 Å². The molecule has 0 bridgehead atoms. The molecule has 32 heavy (non-hydrogen) atoms. The van der Waals surface area contributed by atoms with Crippen LogP contribution >= 0.6 is 11.6 Å². The molecule has 1 amide bonds. The van der Waals surface area contributed by atoms with E-state index in [1.165, 1.54) is 23.0 Å². The molecule has 1 saturated heterocycles. The molecule has 166 valence electrons. The van der Waals surface area contributed by atoms with Gasteiger partial charge in [0, 0.05) is 30.3 Å². The largest absolute Gasteiger partial charge is 0.489 e. The van der Waals surface area contributed by atoms with Gasteiger partial charge >= 0.3 is 5.97 Å². The topological polar surface area (TPSA) is 86.0 Å². The van der Waals surface area contributed by atoms with Crippen molar-refractivity contribution in [3.05, 3.63) is 58.3 Å². The fourth-order valence-electron chi connectivity index (χ4n) is 4.48. The Labute approximate surface area is 187 Å². The van der Waals surface area contributed by atoms with Crippen molar-refractivity contribution in [1.29, 1.82) is 0 Å². The lowest BCUT2D eigenvalue weighted by molar-refractivity contribution is 0.0528. The molecular formula is C22H20ClFN4O4. The number of benzene rings is 1. The highest BCUT2D eigenvalue weighted by atomic mass is 35.5. The molecule has 10 heteroatoms. The molecule has 8 nitrogen and oxygen atoms in total. The average molecular weight is 459 g/mol. The number of nitrogens with zero attached hydrogens (tertiary/aromatic N) is 4. The van der Waals surface area contributed by atoms with E-state index in [9.17, 15) is 14.0 Å². The second-order valence-corrected chi connectivity index (χ2v) is 8.31.